The molecular formula is C24H38N2O4. The standard InChI is InChI=1S/C24H38N2O4/c1-17-16-24(3,29)13-10-14-25(4)23(28)20(15-19-11-8-7-9-12-19)26(5)22(27)18(2)21(17)30-6/h7-9,11-12,17-18,20-21,29H,10,13-16H2,1-6H3/t17-,18-,20-,21+,24-/m1/s1. The van der Waals surface area contributed by atoms with Crippen molar-refractivity contribution in [1.29, 1.82) is 0 Å². The van der Waals surface area contributed by atoms with Gasteiger partial charge in [-0.2, -0.15) is 0 Å². The summed E-state index contributed by atoms with van der Waals surface area (Å²) in [4.78, 5) is 30.0. The first-order valence-electron chi connectivity index (χ1n) is 10.9. The third kappa shape index (κ3) is 6.05. The molecule has 1 saturated heterocycles. The predicted octanol–water partition coefficient (Wildman–Crippen LogP) is 2.74. The van der Waals surface area contributed by atoms with Crippen LogP contribution in [0.4, 0.5) is 0 Å². The van der Waals surface area contributed by atoms with Crippen molar-refractivity contribution >= 4 is 11.8 Å². The number of carbonyl (C=O) groups excluding carboxylic acids is 2. The summed E-state index contributed by atoms with van der Waals surface area (Å²) in [6, 6.07) is 9.20. The highest BCUT2D eigenvalue weighted by atomic mass is 16.5. The van der Waals surface area contributed by atoms with E-state index in [2.05, 4.69) is 0 Å². The summed E-state index contributed by atoms with van der Waals surface area (Å²) in [5.74, 6) is -0.625. The summed E-state index contributed by atoms with van der Waals surface area (Å²) in [6.07, 6.45) is 1.96. The molecule has 1 aliphatic rings. The number of aliphatic hydroxyl groups is 1. The number of methoxy groups -OCH3 is 1. The van der Waals surface area contributed by atoms with Crippen molar-refractivity contribution in [3.63, 3.8) is 0 Å². The van der Waals surface area contributed by atoms with Gasteiger partial charge in [0.1, 0.15) is 6.04 Å². The first-order chi connectivity index (χ1) is 14.1. The fourth-order valence-corrected chi connectivity index (χ4v) is 4.75. The molecule has 6 nitrogen and oxygen atoms in total. The zero-order valence-electron chi connectivity index (χ0n) is 19.3. The number of ether oxygens (including phenoxy) is 1. The second kappa shape index (κ2) is 10.4. The van der Waals surface area contributed by atoms with Gasteiger partial charge in [0.05, 0.1) is 17.6 Å². The molecule has 0 bridgehead atoms. The number of hydrogen-bond donors (Lipinski definition) is 1. The molecule has 0 radical (unpaired) electrons. The Morgan fingerprint density at radius 3 is 2.37 bits per heavy atom. The number of rotatable bonds is 3. The van der Waals surface area contributed by atoms with E-state index < -0.39 is 17.6 Å². The molecule has 0 saturated carbocycles. The van der Waals surface area contributed by atoms with E-state index in [1.807, 2.05) is 51.1 Å². The minimum Gasteiger partial charge on any atom is -0.390 e. The van der Waals surface area contributed by atoms with Gasteiger partial charge >= 0.3 is 0 Å². The molecule has 2 amide bonds. The lowest BCUT2D eigenvalue weighted by atomic mass is 9.82. The van der Waals surface area contributed by atoms with Crippen LogP contribution in [0.5, 0.6) is 0 Å². The Morgan fingerprint density at radius 1 is 1.13 bits per heavy atom. The minimum atomic E-state index is -0.869. The first-order valence-corrected chi connectivity index (χ1v) is 10.9. The molecule has 168 valence electrons. The normalized spacial score (nSPS) is 32.4. The van der Waals surface area contributed by atoms with E-state index in [1.165, 1.54) is 0 Å². The SMILES string of the molecule is CO[C@H]1[C@H](C)C[C@](C)(O)CCCN(C)C(=O)[C@@H](Cc2ccccc2)N(C)C(=O)[C@@H]1C. The van der Waals surface area contributed by atoms with Crippen molar-refractivity contribution in [3.8, 4) is 0 Å². The number of likely N-dealkylation sites (N-methyl/N-ethyl adjacent to an activating group) is 2. The summed E-state index contributed by atoms with van der Waals surface area (Å²) in [7, 11) is 5.10. The molecule has 0 aromatic heterocycles. The van der Waals surface area contributed by atoms with E-state index in [0.29, 0.717) is 32.2 Å². The van der Waals surface area contributed by atoms with E-state index in [0.717, 1.165) is 5.56 Å². The van der Waals surface area contributed by atoms with Gasteiger partial charge in [0, 0.05) is 34.2 Å². The number of hydrogen-bond acceptors (Lipinski definition) is 4. The maximum atomic E-state index is 13.4. The molecule has 1 aliphatic heterocycles. The van der Waals surface area contributed by atoms with Gasteiger partial charge in [0.2, 0.25) is 11.8 Å². The van der Waals surface area contributed by atoms with Crippen LogP contribution in [0.15, 0.2) is 30.3 Å². The van der Waals surface area contributed by atoms with Crippen LogP contribution in [-0.4, -0.2) is 72.2 Å². The molecule has 1 fully saturated rings. The van der Waals surface area contributed by atoms with Crippen molar-refractivity contribution in [2.24, 2.45) is 11.8 Å². The van der Waals surface area contributed by atoms with Crippen molar-refractivity contribution in [2.75, 3.05) is 27.7 Å². The van der Waals surface area contributed by atoms with Crippen molar-refractivity contribution in [3.05, 3.63) is 35.9 Å². The average Bonchev–Trinajstić information content (AvgIpc) is 2.70. The van der Waals surface area contributed by atoms with Gasteiger partial charge in [-0.15, -0.1) is 0 Å². The molecule has 6 heteroatoms. The predicted molar refractivity (Wildman–Crippen MR) is 118 cm³/mol. The summed E-state index contributed by atoms with van der Waals surface area (Å²) >= 11 is 0. The maximum absolute atomic E-state index is 13.4. The summed E-state index contributed by atoms with van der Waals surface area (Å²) in [5.41, 5.74) is 0.146. The quantitative estimate of drug-likeness (QED) is 0.819. The summed E-state index contributed by atoms with van der Waals surface area (Å²) < 4.78 is 5.71. The number of amides is 2. The van der Waals surface area contributed by atoms with Gasteiger partial charge in [0.15, 0.2) is 0 Å². The first kappa shape index (κ1) is 24.4. The topological polar surface area (TPSA) is 70.1 Å². The van der Waals surface area contributed by atoms with Crippen LogP contribution < -0.4 is 0 Å². The van der Waals surface area contributed by atoms with Crippen molar-refractivity contribution < 1.29 is 19.4 Å². The van der Waals surface area contributed by atoms with Crippen LogP contribution in [-0.2, 0) is 20.7 Å². The average molecular weight is 419 g/mol. The van der Waals surface area contributed by atoms with Gasteiger partial charge < -0.3 is 19.6 Å². The largest absolute Gasteiger partial charge is 0.390 e. The van der Waals surface area contributed by atoms with Crippen LogP contribution in [0.3, 0.4) is 0 Å². The highest BCUT2D eigenvalue weighted by molar-refractivity contribution is 5.88. The molecule has 1 aromatic rings. The Morgan fingerprint density at radius 2 is 1.77 bits per heavy atom. The van der Waals surface area contributed by atoms with Crippen LogP contribution in [0, 0.1) is 11.8 Å². The Labute approximate surface area is 181 Å². The molecule has 1 aromatic carbocycles. The molecule has 1 heterocycles. The number of benzene rings is 1. The lowest BCUT2D eigenvalue weighted by Gasteiger charge is -2.36. The van der Waals surface area contributed by atoms with Gasteiger partial charge in [-0.1, -0.05) is 44.2 Å². The minimum absolute atomic E-state index is 0.000826. The second-order valence-electron chi connectivity index (χ2n) is 9.19. The van der Waals surface area contributed by atoms with Crippen LogP contribution in [0.2, 0.25) is 0 Å². The maximum Gasteiger partial charge on any atom is 0.245 e. The molecule has 0 unspecified atom stereocenters. The Balaban J connectivity index is 2.39. The molecule has 2 rings (SSSR count). The Kier molecular flexibility index (Phi) is 8.44. The number of carbonyl (C=O) groups is 2. The van der Waals surface area contributed by atoms with Crippen molar-refractivity contribution in [2.45, 2.75) is 64.2 Å². The lowest BCUT2D eigenvalue weighted by molar-refractivity contribution is -0.149. The second-order valence-corrected chi connectivity index (χ2v) is 9.19. The third-order valence-electron chi connectivity index (χ3n) is 6.43. The van der Waals surface area contributed by atoms with E-state index in [-0.39, 0.29) is 23.8 Å². The van der Waals surface area contributed by atoms with E-state index in [4.69, 9.17) is 4.74 Å². The van der Waals surface area contributed by atoms with Crippen LogP contribution in [0.25, 0.3) is 0 Å². The molecule has 5 atom stereocenters. The van der Waals surface area contributed by atoms with Gasteiger partial charge in [0.25, 0.3) is 0 Å². The van der Waals surface area contributed by atoms with Crippen LogP contribution in [0.1, 0.15) is 45.6 Å². The lowest BCUT2D eigenvalue weighted by Crippen LogP contribution is -2.52. The highest BCUT2D eigenvalue weighted by Gasteiger charge is 2.38. The van der Waals surface area contributed by atoms with E-state index >= 15 is 0 Å². The smallest absolute Gasteiger partial charge is 0.245 e. The third-order valence-corrected chi connectivity index (χ3v) is 6.43. The summed E-state index contributed by atoms with van der Waals surface area (Å²) in [6.45, 7) is 6.24. The number of nitrogens with zero attached hydrogens (tertiary/aromatic N) is 2. The summed E-state index contributed by atoms with van der Waals surface area (Å²) in [5, 5.41) is 10.9. The van der Waals surface area contributed by atoms with E-state index in [1.54, 1.807) is 31.0 Å². The Hall–Kier alpha value is -1.92. The van der Waals surface area contributed by atoms with Gasteiger partial charge in [-0.25, -0.2) is 0 Å². The van der Waals surface area contributed by atoms with Gasteiger partial charge in [-0.3, -0.25) is 9.59 Å². The molecular weight excluding hydrogens is 380 g/mol. The zero-order valence-corrected chi connectivity index (χ0v) is 19.3. The molecule has 30 heavy (non-hydrogen) atoms. The Bertz CT molecular complexity index is 706. The molecule has 0 spiro atoms. The monoisotopic (exact) mass is 418 g/mol. The fourth-order valence-electron chi connectivity index (χ4n) is 4.75. The molecule has 0 aliphatic carbocycles. The highest BCUT2D eigenvalue weighted by Crippen LogP contribution is 2.30. The van der Waals surface area contributed by atoms with E-state index in [9.17, 15) is 14.7 Å². The van der Waals surface area contributed by atoms with Crippen molar-refractivity contribution in [1.82, 2.24) is 9.80 Å². The van der Waals surface area contributed by atoms with Crippen LogP contribution >= 0.6 is 0 Å². The van der Waals surface area contributed by atoms with Gasteiger partial charge in [-0.05, 0) is 37.7 Å². The zero-order chi connectivity index (χ0) is 22.5. The molecule has 1 N–H and O–H groups in total. The fraction of sp³-hybridized carbons (Fsp3) is 0.667.